The minimum atomic E-state index is 0.00871. The van der Waals surface area contributed by atoms with Crippen LogP contribution in [-0.4, -0.2) is 27.6 Å². The molecular weight excluding hydrogens is 264 g/mol. The number of aromatic nitrogens is 3. The molecule has 1 aliphatic heterocycles. The third-order valence-corrected chi connectivity index (χ3v) is 3.84. The summed E-state index contributed by atoms with van der Waals surface area (Å²) in [5, 5.41) is 0. The van der Waals surface area contributed by atoms with E-state index in [0.29, 0.717) is 6.54 Å². The molecule has 1 saturated heterocycles. The Morgan fingerprint density at radius 2 is 2.00 bits per heavy atom. The number of pyridine rings is 1. The number of anilines is 1. The SMILES string of the molecule is CCc1cc(=O)n(Cc2ccccn2)c(N2CCCC2)n1. The van der Waals surface area contributed by atoms with E-state index in [1.165, 1.54) is 0 Å². The summed E-state index contributed by atoms with van der Waals surface area (Å²) < 4.78 is 1.74. The molecule has 0 saturated carbocycles. The van der Waals surface area contributed by atoms with Crippen LogP contribution in [0.3, 0.4) is 0 Å². The van der Waals surface area contributed by atoms with E-state index in [4.69, 9.17) is 4.98 Å². The van der Waals surface area contributed by atoms with Crippen LogP contribution in [0.25, 0.3) is 0 Å². The average Bonchev–Trinajstić information content (AvgIpc) is 3.04. The Balaban J connectivity index is 2.02. The molecule has 0 aliphatic carbocycles. The van der Waals surface area contributed by atoms with Gasteiger partial charge < -0.3 is 4.90 Å². The van der Waals surface area contributed by atoms with E-state index in [1.54, 1.807) is 16.8 Å². The number of rotatable bonds is 4. The van der Waals surface area contributed by atoms with Gasteiger partial charge in [0.2, 0.25) is 5.95 Å². The molecule has 0 unspecified atom stereocenters. The molecule has 110 valence electrons. The highest BCUT2D eigenvalue weighted by molar-refractivity contribution is 5.34. The van der Waals surface area contributed by atoms with E-state index in [1.807, 2.05) is 25.1 Å². The zero-order valence-corrected chi connectivity index (χ0v) is 12.3. The maximum absolute atomic E-state index is 12.4. The normalized spacial score (nSPS) is 14.6. The summed E-state index contributed by atoms with van der Waals surface area (Å²) in [5.74, 6) is 0.794. The maximum Gasteiger partial charge on any atom is 0.255 e. The lowest BCUT2D eigenvalue weighted by molar-refractivity contribution is 0.685. The summed E-state index contributed by atoms with van der Waals surface area (Å²) in [6, 6.07) is 7.40. The van der Waals surface area contributed by atoms with Crippen molar-refractivity contribution in [2.45, 2.75) is 32.7 Å². The number of hydrogen-bond donors (Lipinski definition) is 0. The van der Waals surface area contributed by atoms with Crippen molar-refractivity contribution in [3.8, 4) is 0 Å². The van der Waals surface area contributed by atoms with Gasteiger partial charge in [0.25, 0.3) is 5.56 Å². The Labute approximate surface area is 124 Å². The molecule has 21 heavy (non-hydrogen) atoms. The first-order valence-corrected chi connectivity index (χ1v) is 7.53. The molecule has 0 aromatic carbocycles. The van der Waals surface area contributed by atoms with E-state index >= 15 is 0 Å². The lowest BCUT2D eigenvalue weighted by Gasteiger charge is -2.21. The van der Waals surface area contributed by atoms with Gasteiger partial charge in [-0.1, -0.05) is 13.0 Å². The molecule has 1 fully saturated rings. The van der Waals surface area contributed by atoms with Crippen LogP contribution in [0, 0.1) is 0 Å². The third-order valence-electron chi connectivity index (χ3n) is 3.84. The van der Waals surface area contributed by atoms with Crippen molar-refractivity contribution in [2.24, 2.45) is 0 Å². The van der Waals surface area contributed by atoms with Crippen LogP contribution in [0.4, 0.5) is 5.95 Å². The van der Waals surface area contributed by atoms with Gasteiger partial charge in [-0.3, -0.25) is 14.3 Å². The van der Waals surface area contributed by atoms with Crippen LogP contribution in [-0.2, 0) is 13.0 Å². The fourth-order valence-electron chi connectivity index (χ4n) is 2.68. The molecule has 0 spiro atoms. The molecular formula is C16H20N4O. The molecule has 2 aromatic rings. The second-order valence-electron chi connectivity index (χ2n) is 5.34. The smallest absolute Gasteiger partial charge is 0.255 e. The fraction of sp³-hybridized carbons (Fsp3) is 0.438. The summed E-state index contributed by atoms with van der Waals surface area (Å²) >= 11 is 0. The lowest BCUT2D eigenvalue weighted by Crippen LogP contribution is -2.32. The average molecular weight is 284 g/mol. The predicted octanol–water partition coefficient (Wildman–Crippen LogP) is 1.85. The third kappa shape index (κ3) is 2.96. The minimum Gasteiger partial charge on any atom is -0.342 e. The fourth-order valence-corrected chi connectivity index (χ4v) is 2.68. The van der Waals surface area contributed by atoms with Crippen molar-refractivity contribution >= 4 is 5.95 Å². The number of aryl methyl sites for hydroxylation is 1. The highest BCUT2D eigenvalue weighted by Crippen LogP contribution is 2.18. The second-order valence-corrected chi connectivity index (χ2v) is 5.34. The first-order valence-electron chi connectivity index (χ1n) is 7.53. The standard InChI is InChI=1S/C16H20N4O/c1-2-13-11-15(21)20(12-14-7-3-4-8-17-14)16(18-13)19-9-5-6-10-19/h3-4,7-8,11H,2,5-6,9-10,12H2,1H3. The Morgan fingerprint density at radius 1 is 1.19 bits per heavy atom. The van der Waals surface area contributed by atoms with E-state index in [0.717, 1.165) is 49.7 Å². The van der Waals surface area contributed by atoms with Gasteiger partial charge in [-0.25, -0.2) is 4.98 Å². The highest BCUT2D eigenvalue weighted by atomic mass is 16.1. The summed E-state index contributed by atoms with van der Waals surface area (Å²) in [6.07, 6.45) is 4.86. The van der Waals surface area contributed by atoms with Crippen molar-refractivity contribution < 1.29 is 0 Å². The largest absolute Gasteiger partial charge is 0.342 e. The van der Waals surface area contributed by atoms with Gasteiger partial charge in [0.1, 0.15) is 0 Å². The first-order chi connectivity index (χ1) is 10.3. The summed E-state index contributed by atoms with van der Waals surface area (Å²) in [7, 11) is 0. The van der Waals surface area contributed by atoms with Crippen molar-refractivity contribution in [3.05, 3.63) is 52.2 Å². The molecule has 5 heteroatoms. The molecule has 0 bridgehead atoms. The van der Waals surface area contributed by atoms with Crippen LogP contribution in [0.2, 0.25) is 0 Å². The molecule has 0 N–H and O–H groups in total. The van der Waals surface area contributed by atoms with Gasteiger partial charge in [0.15, 0.2) is 0 Å². The van der Waals surface area contributed by atoms with Crippen LogP contribution in [0.5, 0.6) is 0 Å². The Bertz CT molecular complexity index is 660. The monoisotopic (exact) mass is 284 g/mol. The van der Waals surface area contributed by atoms with Gasteiger partial charge in [0.05, 0.1) is 12.2 Å². The number of hydrogen-bond acceptors (Lipinski definition) is 4. The van der Waals surface area contributed by atoms with Gasteiger partial charge in [-0.2, -0.15) is 0 Å². The van der Waals surface area contributed by atoms with Crippen molar-refractivity contribution in [1.82, 2.24) is 14.5 Å². The van der Waals surface area contributed by atoms with Crippen molar-refractivity contribution in [2.75, 3.05) is 18.0 Å². The van der Waals surface area contributed by atoms with Crippen LogP contribution < -0.4 is 10.5 Å². The maximum atomic E-state index is 12.4. The summed E-state index contributed by atoms with van der Waals surface area (Å²) in [4.78, 5) is 23.7. The zero-order valence-electron chi connectivity index (χ0n) is 12.3. The summed E-state index contributed by atoms with van der Waals surface area (Å²) in [5.41, 5.74) is 1.75. The van der Waals surface area contributed by atoms with E-state index in [-0.39, 0.29) is 5.56 Å². The Kier molecular flexibility index (Phi) is 3.99. The molecule has 5 nitrogen and oxygen atoms in total. The Hall–Kier alpha value is -2.17. The van der Waals surface area contributed by atoms with Crippen molar-refractivity contribution in [1.29, 1.82) is 0 Å². The first kappa shape index (κ1) is 13.8. The predicted molar refractivity (Wildman–Crippen MR) is 82.7 cm³/mol. The van der Waals surface area contributed by atoms with Crippen LogP contribution >= 0.6 is 0 Å². The molecule has 0 radical (unpaired) electrons. The van der Waals surface area contributed by atoms with Crippen LogP contribution in [0.15, 0.2) is 35.3 Å². The quantitative estimate of drug-likeness (QED) is 0.860. The lowest BCUT2D eigenvalue weighted by atomic mass is 10.3. The van der Waals surface area contributed by atoms with Crippen molar-refractivity contribution in [3.63, 3.8) is 0 Å². The van der Waals surface area contributed by atoms with Crippen LogP contribution in [0.1, 0.15) is 31.2 Å². The number of nitrogens with zero attached hydrogens (tertiary/aromatic N) is 4. The molecule has 3 rings (SSSR count). The van der Waals surface area contributed by atoms with E-state index < -0.39 is 0 Å². The van der Waals surface area contributed by atoms with Gasteiger partial charge in [0, 0.05) is 31.0 Å². The van der Waals surface area contributed by atoms with E-state index in [9.17, 15) is 4.79 Å². The Morgan fingerprint density at radius 3 is 2.67 bits per heavy atom. The molecule has 1 aliphatic rings. The highest BCUT2D eigenvalue weighted by Gasteiger charge is 2.19. The zero-order chi connectivity index (χ0) is 14.7. The summed E-state index contributed by atoms with van der Waals surface area (Å²) in [6.45, 7) is 4.45. The molecule has 2 aromatic heterocycles. The van der Waals surface area contributed by atoms with Gasteiger partial charge >= 0.3 is 0 Å². The minimum absolute atomic E-state index is 0.00871. The van der Waals surface area contributed by atoms with E-state index in [2.05, 4.69) is 9.88 Å². The topological polar surface area (TPSA) is 51.0 Å². The molecule has 0 atom stereocenters. The van der Waals surface area contributed by atoms with Gasteiger partial charge in [-0.05, 0) is 31.4 Å². The molecule has 0 amide bonds. The molecule has 3 heterocycles. The van der Waals surface area contributed by atoms with Gasteiger partial charge in [-0.15, -0.1) is 0 Å². The second kappa shape index (κ2) is 6.08.